The maximum atomic E-state index is 13.8. The molecule has 0 atom stereocenters. The van der Waals surface area contributed by atoms with Gasteiger partial charge in [-0.25, -0.2) is 0 Å². The predicted octanol–water partition coefficient (Wildman–Crippen LogP) is 6.24. The van der Waals surface area contributed by atoms with Crippen LogP contribution in [0.3, 0.4) is 0 Å². The summed E-state index contributed by atoms with van der Waals surface area (Å²) in [6, 6.07) is 28.9. The molecule has 1 aromatic heterocycles. The van der Waals surface area contributed by atoms with E-state index in [0.717, 1.165) is 66.7 Å². The van der Waals surface area contributed by atoms with Gasteiger partial charge in [-0.1, -0.05) is 60.2 Å². The number of aromatic nitrogens is 1. The lowest BCUT2D eigenvalue weighted by atomic mass is 10.1. The van der Waals surface area contributed by atoms with Crippen molar-refractivity contribution in [3.63, 3.8) is 0 Å². The number of benzene rings is 3. The second kappa shape index (κ2) is 11.5. The topological polar surface area (TPSA) is 37.7 Å². The molecule has 1 aliphatic heterocycles. The number of amides is 1. The Hall–Kier alpha value is -4.09. The fourth-order valence-electron chi connectivity index (χ4n) is 5.03. The smallest absolute Gasteiger partial charge is 0.255 e. The van der Waals surface area contributed by atoms with Crippen LogP contribution in [0.4, 0.5) is 0 Å². The first-order valence-electron chi connectivity index (χ1n) is 13.2. The van der Waals surface area contributed by atoms with Gasteiger partial charge in [-0.2, -0.15) is 0 Å². The molecule has 1 fully saturated rings. The van der Waals surface area contributed by atoms with Crippen molar-refractivity contribution in [2.24, 2.45) is 0 Å². The fraction of sp³-hybridized carbons (Fsp3) is 0.242. The van der Waals surface area contributed by atoms with Crippen LogP contribution in [0, 0.1) is 13.8 Å². The molecule has 1 saturated heterocycles. The van der Waals surface area contributed by atoms with Gasteiger partial charge in [0, 0.05) is 44.1 Å². The Bertz CT molecular complexity index is 1400. The van der Waals surface area contributed by atoms with Crippen LogP contribution in [0.5, 0.6) is 5.75 Å². The molecule has 5 heteroatoms. The van der Waals surface area contributed by atoms with Crippen LogP contribution in [0.15, 0.2) is 91.0 Å². The third-order valence-electron chi connectivity index (χ3n) is 7.29. The molecule has 194 valence electrons. The van der Waals surface area contributed by atoms with Gasteiger partial charge in [0.15, 0.2) is 0 Å². The van der Waals surface area contributed by atoms with Gasteiger partial charge in [0.1, 0.15) is 5.75 Å². The van der Waals surface area contributed by atoms with E-state index < -0.39 is 0 Å². The lowest BCUT2D eigenvalue weighted by Gasteiger charge is -2.34. The van der Waals surface area contributed by atoms with Gasteiger partial charge in [0.2, 0.25) is 0 Å². The highest BCUT2D eigenvalue weighted by Crippen LogP contribution is 2.31. The third-order valence-corrected chi connectivity index (χ3v) is 7.29. The zero-order chi connectivity index (χ0) is 26.5. The van der Waals surface area contributed by atoms with Crippen LogP contribution < -0.4 is 4.74 Å². The van der Waals surface area contributed by atoms with Crippen molar-refractivity contribution in [2.45, 2.75) is 13.8 Å². The van der Waals surface area contributed by atoms with Crippen molar-refractivity contribution < 1.29 is 9.53 Å². The second-order valence-electron chi connectivity index (χ2n) is 9.83. The molecule has 3 aromatic carbocycles. The Morgan fingerprint density at radius 1 is 0.868 bits per heavy atom. The van der Waals surface area contributed by atoms with E-state index in [1.54, 1.807) is 7.11 Å². The molecule has 0 N–H and O–H groups in total. The van der Waals surface area contributed by atoms with Gasteiger partial charge < -0.3 is 14.2 Å². The first-order valence-corrected chi connectivity index (χ1v) is 13.2. The number of piperazine rings is 1. The Morgan fingerprint density at radius 3 is 2.21 bits per heavy atom. The average molecular weight is 506 g/mol. The molecule has 4 aromatic rings. The number of rotatable bonds is 7. The summed E-state index contributed by atoms with van der Waals surface area (Å²) in [6.07, 6.45) is 4.37. The quantitative estimate of drug-likeness (QED) is 0.298. The summed E-state index contributed by atoms with van der Waals surface area (Å²) >= 11 is 0. The maximum absolute atomic E-state index is 13.8. The molecule has 0 bridgehead atoms. The summed E-state index contributed by atoms with van der Waals surface area (Å²) in [5.74, 6) is 0.911. The summed E-state index contributed by atoms with van der Waals surface area (Å²) in [7, 11) is 1.67. The SMILES string of the molecule is COc1ccc(-c2cc(C(=O)N3CCN(C/C=C/c4ccccc4)CC3)c(C)n2-c2ccc(C)cc2)cc1. The number of ether oxygens (including phenoxy) is 1. The Balaban J connectivity index is 1.35. The molecule has 5 nitrogen and oxygen atoms in total. The van der Waals surface area contributed by atoms with E-state index in [-0.39, 0.29) is 5.91 Å². The number of hydrogen-bond acceptors (Lipinski definition) is 3. The predicted molar refractivity (Wildman–Crippen MR) is 155 cm³/mol. The molecule has 0 aliphatic carbocycles. The van der Waals surface area contributed by atoms with Crippen molar-refractivity contribution in [1.82, 2.24) is 14.4 Å². The van der Waals surface area contributed by atoms with E-state index in [4.69, 9.17) is 4.74 Å². The largest absolute Gasteiger partial charge is 0.497 e. The summed E-state index contributed by atoms with van der Waals surface area (Å²) in [4.78, 5) is 18.2. The summed E-state index contributed by atoms with van der Waals surface area (Å²) in [5, 5.41) is 0. The Labute approximate surface area is 225 Å². The maximum Gasteiger partial charge on any atom is 0.255 e. The van der Waals surface area contributed by atoms with E-state index >= 15 is 0 Å². The van der Waals surface area contributed by atoms with Gasteiger partial charge in [-0.15, -0.1) is 0 Å². The van der Waals surface area contributed by atoms with Gasteiger partial charge >= 0.3 is 0 Å². The molecule has 5 rings (SSSR count). The third kappa shape index (κ3) is 5.58. The molecule has 0 radical (unpaired) electrons. The zero-order valence-corrected chi connectivity index (χ0v) is 22.4. The van der Waals surface area contributed by atoms with Gasteiger partial charge in [-0.05, 0) is 67.4 Å². The molecule has 1 amide bonds. The number of carbonyl (C=O) groups excluding carboxylic acids is 1. The standard InChI is InChI=1S/C33H35N3O2/c1-25-11-15-29(16-12-25)36-26(2)31(24-32(36)28-13-17-30(38-3)18-14-28)33(37)35-22-20-34(21-23-35)19-7-10-27-8-5-4-6-9-27/h4-18,24H,19-23H2,1-3H3/b10-7+. The van der Waals surface area contributed by atoms with Crippen LogP contribution in [0.25, 0.3) is 23.0 Å². The minimum atomic E-state index is 0.0996. The lowest BCUT2D eigenvalue weighted by molar-refractivity contribution is 0.0649. The lowest BCUT2D eigenvalue weighted by Crippen LogP contribution is -2.48. The highest BCUT2D eigenvalue weighted by Gasteiger charge is 2.26. The van der Waals surface area contributed by atoms with Crippen molar-refractivity contribution in [1.29, 1.82) is 0 Å². The van der Waals surface area contributed by atoms with Gasteiger partial charge in [0.25, 0.3) is 5.91 Å². The number of methoxy groups -OCH3 is 1. The molecule has 0 spiro atoms. The monoisotopic (exact) mass is 505 g/mol. The minimum absolute atomic E-state index is 0.0996. The van der Waals surface area contributed by atoms with Crippen molar-refractivity contribution in [3.05, 3.63) is 113 Å². The van der Waals surface area contributed by atoms with Crippen LogP contribution in [0.2, 0.25) is 0 Å². The van der Waals surface area contributed by atoms with Crippen molar-refractivity contribution in [2.75, 3.05) is 39.8 Å². The molecular weight excluding hydrogens is 470 g/mol. The zero-order valence-electron chi connectivity index (χ0n) is 22.4. The highest BCUT2D eigenvalue weighted by molar-refractivity contribution is 5.97. The number of carbonyl (C=O) groups is 1. The average Bonchev–Trinajstić information content (AvgIpc) is 3.31. The molecule has 0 saturated carbocycles. The number of hydrogen-bond donors (Lipinski definition) is 0. The fourth-order valence-corrected chi connectivity index (χ4v) is 5.03. The van der Waals surface area contributed by atoms with Gasteiger partial charge in [-0.3, -0.25) is 9.69 Å². The molecular formula is C33H35N3O2. The van der Waals surface area contributed by atoms with E-state index in [1.165, 1.54) is 11.1 Å². The van der Waals surface area contributed by atoms with Crippen LogP contribution in [0.1, 0.15) is 27.2 Å². The normalized spacial score (nSPS) is 14.2. The number of aryl methyl sites for hydroxylation is 1. The van der Waals surface area contributed by atoms with Crippen molar-refractivity contribution in [3.8, 4) is 22.7 Å². The first kappa shape index (κ1) is 25.6. The van der Waals surface area contributed by atoms with Gasteiger partial charge in [0.05, 0.1) is 18.4 Å². The van der Waals surface area contributed by atoms with E-state index in [0.29, 0.717) is 0 Å². The molecule has 38 heavy (non-hydrogen) atoms. The summed E-state index contributed by atoms with van der Waals surface area (Å²) in [6.45, 7) is 8.22. The Kier molecular flexibility index (Phi) is 7.75. The second-order valence-corrected chi connectivity index (χ2v) is 9.83. The molecule has 2 heterocycles. The van der Waals surface area contributed by atoms with E-state index in [9.17, 15) is 4.79 Å². The number of nitrogens with zero attached hydrogens (tertiary/aromatic N) is 3. The van der Waals surface area contributed by atoms with Crippen molar-refractivity contribution >= 4 is 12.0 Å². The Morgan fingerprint density at radius 2 is 1.55 bits per heavy atom. The summed E-state index contributed by atoms with van der Waals surface area (Å²) < 4.78 is 7.55. The molecule has 1 aliphatic rings. The molecule has 0 unspecified atom stereocenters. The van der Waals surface area contributed by atoms with Crippen LogP contribution in [-0.2, 0) is 0 Å². The highest BCUT2D eigenvalue weighted by atomic mass is 16.5. The van der Waals surface area contributed by atoms with Crippen LogP contribution in [-0.4, -0.2) is 60.1 Å². The van der Waals surface area contributed by atoms with E-state index in [1.807, 2.05) is 48.2 Å². The minimum Gasteiger partial charge on any atom is -0.497 e. The van der Waals surface area contributed by atoms with Crippen LogP contribution >= 0.6 is 0 Å². The first-order chi connectivity index (χ1) is 18.5. The summed E-state index contributed by atoms with van der Waals surface area (Å²) in [5.41, 5.74) is 7.23. The van der Waals surface area contributed by atoms with E-state index in [2.05, 4.69) is 77.1 Å².